The number of carbonyl (C=O) groups excluding carboxylic acids is 2. The van der Waals surface area contributed by atoms with Crippen molar-refractivity contribution in [1.82, 2.24) is 19.9 Å². The summed E-state index contributed by atoms with van der Waals surface area (Å²) in [6, 6.07) is 9.60. The third-order valence-electron chi connectivity index (χ3n) is 5.61. The highest BCUT2D eigenvalue weighted by Gasteiger charge is 2.29. The maximum absolute atomic E-state index is 12.9. The zero-order valence-electron chi connectivity index (χ0n) is 18.0. The third kappa shape index (κ3) is 5.68. The van der Waals surface area contributed by atoms with Gasteiger partial charge in [0.05, 0.1) is 0 Å². The molecule has 2 aromatic rings. The average molecular weight is 413 g/mol. The molecule has 30 heavy (non-hydrogen) atoms. The van der Waals surface area contributed by atoms with Crippen molar-refractivity contribution < 1.29 is 14.1 Å². The van der Waals surface area contributed by atoms with Crippen LogP contribution in [0.15, 0.2) is 34.9 Å². The molecular weight excluding hydrogens is 380 g/mol. The minimum Gasteiger partial charge on any atom is -0.340 e. The molecule has 0 spiro atoms. The number of hydrogen-bond acceptors (Lipinski definition) is 5. The summed E-state index contributed by atoms with van der Waals surface area (Å²) in [6.07, 6.45) is 5.14. The largest absolute Gasteiger partial charge is 0.340 e. The predicted molar refractivity (Wildman–Crippen MR) is 114 cm³/mol. The minimum absolute atomic E-state index is 0.0772. The van der Waals surface area contributed by atoms with E-state index in [9.17, 15) is 9.59 Å². The van der Waals surface area contributed by atoms with Crippen molar-refractivity contribution in [3.63, 3.8) is 0 Å². The van der Waals surface area contributed by atoms with Gasteiger partial charge in [-0.15, -0.1) is 0 Å². The SMILES string of the molecule is CCCN(C(=O)CCCc1nc(CC)no1)C1CCN(C(=O)c2ccccc2)CC1. The number of hydrogen-bond donors (Lipinski definition) is 0. The first kappa shape index (κ1) is 22.0. The fourth-order valence-corrected chi connectivity index (χ4v) is 3.97. The van der Waals surface area contributed by atoms with Crippen molar-refractivity contribution in [2.75, 3.05) is 19.6 Å². The lowest BCUT2D eigenvalue weighted by Gasteiger charge is -2.38. The molecule has 162 valence electrons. The zero-order chi connectivity index (χ0) is 21.3. The Kier molecular flexibility index (Phi) is 7.99. The minimum atomic E-state index is 0.0772. The van der Waals surface area contributed by atoms with Gasteiger partial charge in [0.2, 0.25) is 11.8 Å². The number of piperidine rings is 1. The Morgan fingerprint density at radius 1 is 1.17 bits per heavy atom. The molecule has 0 unspecified atom stereocenters. The lowest BCUT2D eigenvalue weighted by molar-refractivity contribution is -0.134. The van der Waals surface area contributed by atoms with E-state index in [4.69, 9.17) is 4.52 Å². The Morgan fingerprint density at radius 2 is 1.90 bits per heavy atom. The molecule has 0 N–H and O–H groups in total. The third-order valence-corrected chi connectivity index (χ3v) is 5.61. The molecule has 1 fully saturated rings. The Morgan fingerprint density at radius 3 is 2.53 bits per heavy atom. The van der Waals surface area contributed by atoms with Gasteiger partial charge in [-0.05, 0) is 37.8 Å². The van der Waals surface area contributed by atoms with Gasteiger partial charge in [0.15, 0.2) is 5.82 Å². The van der Waals surface area contributed by atoms with Crippen molar-refractivity contribution >= 4 is 11.8 Å². The van der Waals surface area contributed by atoms with Crippen LogP contribution in [0, 0.1) is 0 Å². The number of aromatic nitrogens is 2. The number of amides is 2. The highest BCUT2D eigenvalue weighted by atomic mass is 16.5. The number of nitrogens with zero attached hydrogens (tertiary/aromatic N) is 4. The predicted octanol–water partition coefficient (Wildman–Crippen LogP) is 3.50. The van der Waals surface area contributed by atoms with Crippen LogP contribution in [0.3, 0.4) is 0 Å². The van der Waals surface area contributed by atoms with Crippen molar-refractivity contribution in [3.8, 4) is 0 Å². The summed E-state index contributed by atoms with van der Waals surface area (Å²) in [7, 11) is 0. The summed E-state index contributed by atoms with van der Waals surface area (Å²) in [5.74, 6) is 1.57. The number of rotatable bonds is 9. The molecule has 2 amide bonds. The Hall–Kier alpha value is -2.70. The lowest BCUT2D eigenvalue weighted by Crippen LogP contribution is -2.49. The van der Waals surface area contributed by atoms with Gasteiger partial charge in [0.1, 0.15) is 0 Å². The van der Waals surface area contributed by atoms with Crippen LogP contribution in [0.25, 0.3) is 0 Å². The lowest BCUT2D eigenvalue weighted by atomic mass is 10.0. The summed E-state index contributed by atoms with van der Waals surface area (Å²) in [5, 5.41) is 3.90. The molecular formula is C23H32N4O3. The Balaban J connectivity index is 1.49. The average Bonchev–Trinajstić information content (AvgIpc) is 3.25. The zero-order valence-corrected chi connectivity index (χ0v) is 18.0. The summed E-state index contributed by atoms with van der Waals surface area (Å²) in [6.45, 7) is 6.22. The normalized spacial score (nSPS) is 14.7. The first-order valence-electron chi connectivity index (χ1n) is 11.1. The van der Waals surface area contributed by atoms with Gasteiger partial charge >= 0.3 is 0 Å². The van der Waals surface area contributed by atoms with Crippen LogP contribution < -0.4 is 0 Å². The summed E-state index contributed by atoms with van der Waals surface area (Å²) in [4.78, 5) is 33.8. The van der Waals surface area contributed by atoms with Gasteiger partial charge in [-0.1, -0.05) is 37.2 Å². The van der Waals surface area contributed by atoms with Crippen LogP contribution in [0.1, 0.15) is 68.0 Å². The molecule has 0 atom stereocenters. The van der Waals surface area contributed by atoms with E-state index >= 15 is 0 Å². The molecule has 1 aromatic carbocycles. The molecule has 1 aliphatic rings. The van der Waals surface area contributed by atoms with Crippen LogP contribution >= 0.6 is 0 Å². The van der Waals surface area contributed by atoms with Crippen molar-refractivity contribution in [2.45, 2.75) is 64.8 Å². The number of benzene rings is 1. The molecule has 2 heterocycles. The fourth-order valence-electron chi connectivity index (χ4n) is 3.97. The molecule has 1 saturated heterocycles. The van der Waals surface area contributed by atoms with Gasteiger partial charge < -0.3 is 14.3 Å². The van der Waals surface area contributed by atoms with Gasteiger partial charge in [-0.2, -0.15) is 4.98 Å². The highest BCUT2D eigenvalue weighted by Crippen LogP contribution is 2.20. The first-order chi connectivity index (χ1) is 14.6. The number of aryl methyl sites for hydroxylation is 2. The Labute approximate surface area is 178 Å². The van der Waals surface area contributed by atoms with Crippen LogP contribution in [0.4, 0.5) is 0 Å². The Bertz CT molecular complexity index is 813. The van der Waals surface area contributed by atoms with E-state index in [1.807, 2.05) is 47.1 Å². The van der Waals surface area contributed by atoms with Crippen LogP contribution in [-0.2, 0) is 17.6 Å². The van der Waals surface area contributed by atoms with E-state index in [1.165, 1.54) is 0 Å². The molecule has 1 aromatic heterocycles. The van der Waals surface area contributed by atoms with Crippen molar-refractivity contribution in [2.24, 2.45) is 0 Å². The standard InChI is InChI=1S/C23H32N4O3/c1-3-15-27(22(28)12-8-11-21-24-20(4-2)25-30-21)19-13-16-26(17-14-19)23(29)18-9-6-5-7-10-18/h5-7,9-10,19H,3-4,8,11-17H2,1-2H3. The second kappa shape index (κ2) is 10.9. The van der Waals surface area contributed by atoms with Crippen molar-refractivity contribution in [3.05, 3.63) is 47.6 Å². The number of likely N-dealkylation sites (tertiary alicyclic amines) is 1. The molecule has 0 radical (unpaired) electrons. The van der Waals surface area contributed by atoms with E-state index in [-0.39, 0.29) is 17.9 Å². The first-order valence-corrected chi connectivity index (χ1v) is 11.1. The summed E-state index contributed by atoms with van der Waals surface area (Å²) < 4.78 is 5.21. The monoisotopic (exact) mass is 412 g/mol. The molecule has 0 saturated carbocycles. The van der Waals surface area contributed by atoms with E-state index in [2.05, 4.69) is 17.1 Å². The van der Waals surface area contributed by atoms with Gasteiger partial charge in [0.25, 0.3) is 5.91 Å². The summed E-state index contributed by atoms with van der Waals surface area (Å²) in [5.41, 5.74) is 0.727. The van der Waals surface area contributed by atoms with Gasteiger partial charge in [-0.25, -0.2) is 0 Å². The highest BCUT2D eigenvalue weighted by molar-refractivity contribution is 5.94. The molecule has 7 nitrogen and oxygen atoms in total. The quantitative estimate of drug-likeness (QED) is 0.630. The van der Waals surface area contributed by atoms with Gasteiger partial charge in [0, 0.05) is 50.5 Å². The van der Waals surface area contributed by atoms with E-state index in [1.54, 1.807) is 0 Å². The smallest absolute Gasteiger partial charge is 0.253 e. The molecule has 7 heteroatoms. The second-order valence-electron chi connectivity index (χ2n) is 7.79. The maximum atomic E-state index is 12.9. The fraction of sp³-hybridized carbons (Fsp3) is 0.565. The van der Waals surface area contributed by atoms with E-state index in [0.29, 0.717) is 44.1 Å². The molecule has 0 bridgehead atoms. The maximum Gasteiger partial charge on any atom is 0.253 e. The molecule has 0 aliphatic carbocycles. The van der Waals surface area contributed by atoms with Crippen molar-refractivity contribution in [1.29, 1.82) is 0 Å². The van der Waals surface area contributed by atoms with Gasteiger partial charge in [-0.3, -0.25) is 9.59 Å². The molecule has 1 aliphatic heterocycles. The summed E-state index contributed by atoms with van der Waals surface area (Å²) >= 11 is 0. The van der Waals surface area contributed by atoms with Crippen LogP contribution in [0.2, 0.25) is 0 Å². The van der Waals surface area contributed by atoms with E-state index < -0.39 is 0 Å². The van der Waals surface area contributed by atoms with Crippen LogP contribution in [0.5, 0.6) is 0 Å². The van der Waals surface area contributed by atoms with E-state index in [0.717, 1.165) is 37.8 Å². The second-order valence-corrected chi connectivity index (χ2v) is 7.79. The topological polar surface area (TPSA) is 79.5 Å². The molecule has 3 rings (SSSR count). The number of carbonyl (C=O) groups is 2. The van der Waals surface area contributed by atoms with Crippen LogP contribution in [-0.4, -0.2) is 57.4 Å².